The average Bonchev–Trinajstić information content (AvgIpc) is 2.90. The van der Waals surface area contributed by atoms with Crippen molar-refractivity contribution in [2.75, 3.05) is 24.2 Å². The van der Waals surface area contributed by atoms with Crippen molar-refractivity contribution in [2.45, 2.75) is 30.7 Å². The lowest BCUT2D eigenvalue weighted by atomic mass is 10.2. The average molecular weight is 268 g/mol. The largest absolute Gasteiger partial charge is 0.383 e. The molecule has 0 amide bonds. The van der Waals surface area contributed by atoms with Crippen LogP contribution in [0.3, 0.4) is 0 Å². The summed E-state index contributed by atoms with van der Waals surface area (Å²) in [5.41, 5.74) is 0.971. The minimum Gasteiger partial charge on any atom is -0.383 e. The summed E-state index contributed by atoms with van der Waals surface area (Å²) in [5.74, 6) is 0.145. The number of benzene rings is 1. The van der Waals surface area contributed by atoms with E-state index in [4.69, 9.17) is 0 Å². The minimum atomic E-state index is -3.09. The van der Waals surface area contributed by atoms with E-state index in [1.807, 2.05) is 12.1 Å². The first-order chi connectivity index (χ1) is 8.62. The van der Waals surface area contributed by atoms with E-state index in [2.05, 4.69) is 10.6 Å². The van der Waals surface area contributed by atoms with Crippen LogP contribution in [0.25, 0.3) is 0 Å². The van der Waals surface area contributed by atoms with Crippen molar-refractivity contribution >= 4 is 15.5 Å². The topological polar surface area (TPSA) is 58.2 Å². The van der Waals surface area contributed by atoms with Gasteiger partial charge in [-0.3, -0.25) is 0 Å². The highest BCUT2D eigenvalue weighted by Gasteiger charge is 2.14. The smallest absolute Gasteiger partial charge is 0.178 e. The van der Waals surface area contributed by atoms with Gasteiger partial charge in [0.2, 0.25) is 0 Å². The van der Waals surface area contributed by atoms with Gasteiger partial charge in [-0.05, 0) is 43.7 Å². The Balaban J connectivity index is 1.95. The molecule has 0 aliphatic carbocycles. The van der Waals surface area contributed by atoms with E-state index in [-0.39, 0.29) is 5.75 Å². The van der Waals surface area contributed by atoms with E-state index in [1.54, 1.807) is 19.1 Å². The summed E-state index contributed by atoms with van der Waals surface area (Å²) in [5, 5.41) is 6.74. The standard InChI is InChI=1S/C13H20N2O2S/c1-2-18(16,17)13-7-5-11(6-8-13)15-10-12-4-3-9-14-12/h5-8,12,14-15H,2-4,9-10H2,1H3. The zero-order valence-electron chi connectivity index (χ0n) is 10.6. The maximum absolute atomic E-state index is 11.6. The first kappa shape index (κ1) is 13.4. The van der Waals surface area contributed by atoms with Crippen LogP contribution in [-0.2, 0) is 9.84 Å². The Morgan fingerprint density at radius 3 is 2.61 bits per heavy atom. The molecule has 2 rings (SSSR count). The molecule has 4 nitrogen and oxygen atoms in total. The Morgan fingerprint density at radius 2 is 2.06 bits per heavy atom. The van der Waals surface area contributed by atoms with E-state index in [1.165, 1.54) is 12.8 Å². The first-order valence-electron chi connectivity index (χ1n) is 6.42. The highest BCUT2D eigenvalue weighted by molar-refractivity contribution is 7.91. The van der Waals surface area contributed by atoms with Crippen LogP contribution in [0.5, 0.6) is 0 Å². The van der Waals surface area contributed by atoms with Crippen LogP contribution in [0, 0.1) is 0 Å². The quantitative estimate of drug-likeness (QED) is 0.852. The van der Waals surface area contributed by atoms with Gasteiger partial charge in [0.1, 0.15) is 0 Å². The van der Waals surface area contributed by atoms with Crippen molar-refractivity contribution in [1.29, 1.82) is 0 Å². The number of nitrogens with one attached hydrogen (secondary N) is 2. The summed E-state index contributed by atoms with van der Waals surface area (Å²) in [7, 11) is -3.09. The van der Waals surface area contributed by atoms with E-state index >= 15 is 0 Å². The predicted molar refractivity (Wildman–Crippen MR) is 73.7 cm³/mol. The van der Waals surface area contributed by atoms with Gasteiger partial charge in [-0.1, -0.05) is 6.92 Å². The second-order valence-corrected chi connectivity index (χ2v) is 6.88. The molecule has 100 valence electrons. The molecule has 0 aromatic heterocycles. The first-order valence-corrected chi connectivity index (χ1v) is 8.07. The molecular weight excluding hydrogens is 248 g/mol. The molecule has 1 aromatic carbocycles. The Bertz CT molecular complexity index is 476. The van der Waals surface area contributed by atoms with Gasteiger partial charge < -0.3 is 10.6 Å². The molecule has 18 heavy (non-hydrogen) atoms. The molecule has 0 saturated carbocycles. The fraction of sp³-hybridized carbons (Fsp3) is 0.538. The Labute approximate surface area is 109 Å². The lowest BCUT2D eigenvalue weighted by molar-refractivity contribution is 0.597. The van der Waals surface area contributed by atoms with Crippen LogP contribution in [0.2, 0.25) is 0 Å². The van der Waals surface area contributed by atoms with Crippen LogP contribution in [0.1, 0.15) is 19.8 Å². The molecule has 0 bridgehead atoms. The molecular formula is C13H20N2O2S. The third-order valence-electron chi connectivity index (χ3n) is 3.31. The Kier molecular flexibility index (Phi) is 4.24. The molecule has 1 aromatic rings. The van der Waals surface area contributed by atoms with Gasteiger partial charge in [0.25, 0.3) is 0 Å². The lowest BCUT2D eigenvalue weighted by Crippen LogP contribution is -2.29. The summed E-state index contributed by atoms with van der Waals surface area (Å²) in [6.45, 7) is 3.65. The fourth-order valence-electron chi connectivity index (χ4n) is 2.12. The zero-order chi connectivity index (χ0) is 13.0. The SMILES string of the molecule is CCS(=O)(=O)c1ccc(NCC2CCCN2)cc1. The highest BCUT2D eigenvalue weighted by Crippen LogP contribution is 2.16. The van der Waals surface area contributed by atoms with Crippen molar-refractivity contribution in [1.82, 2.24) is 5.32 Å². The second kappa shape index (κ2) is 5.71. The molecule has 1 atom stereocenters. The van der Waals surface area contributed by atoms with Crippen LogP contribution >= 0.6 is 0 Å². The molecule has 1 fully saturated rings. The highest BCUT2D eigenvalue weighted by atomic mass is 32.2. The number of anilines is 1. The van der Waals surface area contributed by atoms with Gasteiger partial charge in [-0.25, -0.2) is 8.42 Å². The third-order valence-corrected chi connectivity index (χ3v) is 5.06. The zero-order valence-corrected chi connectivity index (χ0v) is 11.5. The Morgan fingerprint density at radius 1 is 1.33 bits per heavy atom. The monoisotopic (exact) mass is 268 g/mol. The van der Waals surface area contributed by atoms with Gasteiger partial charge in [-0.2, -0.15) is 0 Å². The molecule has 5 heteroatoms. The van der Waals surface area contributed by atoms with E-state index in [0.717, 1.165) is 18.8 Å². The van der Waals surface area contributed by atoms with Crippen LogP contribution in [0.4, 0.5) is 5.69 Å². The van der Waals surface area contributed by atoms with Crippen LogP contribution < -0.4 is 10.6 Å². The molecule has 1 unspecified atom stereocenters. The molecule has 1 aliphatic heterocycles. The van der Waals surface area contributed by atoms with Gasteiger partial charge in [-0.15, -0.1) is 0 Å². The summed E-state index contributed by atoms with van der Waals surface area (Å²) < 4.78 is 23.3. The molecule has 2 N–H and O–H groups in total. The molecule has 1 saturated heterocycles. The van der Waals surface area contributed by atoms with Crippen molar-refractivity contribution in [3.8, 4) is 0 Å². The van der Waals surface area contributed by atoms with E-state index < -0.39 is 9.84 Å². The number of sulfone groups is 1. The maximum atomic E-state index is 11.6. The number of rotatable bonds is 5. The van der Waals surface area contributed by atoms with Gasteiger partial charge in [0.05, 0.1) is 10.6 Å². The van der Waals surface area contributed by atoms with Gasteiger partial charge in [0.15, 0.2) is 9.84 Å². The summed E-state index contributed by atoms with van der Waals surface area (Å²) in [4.78, 5) is 0.398. The Hall–Kier alpha value is -1.07. The third kappa shape index (κ3) is 3.23. The van der Waals surface area contributed by atoms with Crippen LogP contribution in [-0.4, -0.2) is 33.3 Å². The second-order valence-electron chi connectivity index (χ2n) is 4.60. The normalized spacial score (nSPS) is 19.9. The summed E-state index contributed by atoms with van der Waals surface area (Å²) in [6.07, 6.45) is 2.44. The van der Waals surface area contributed by atoms with Crippen molar-refractivity contribution in [3.63, 3.8) is 0 Å². The van der Waals surface area contributed by atoms with Crippen molar-refractivity contribution in [3.05, 3.63) is 24.3 Å². The predicted octanol–water partition coefficient (Wildman–Crippen LogP) is 1.64. The van der Waals surface area contributed by atoms with Crippen molar-refractivity contribution < 1.29 is 8.42 Å². The molecule has 0 spiro atoms. The maximum Gasteiger partial charge on any atom is 0.178 e. The minimum absolute atomic E-state index is 0.145. The van der Waals surface area contributed by atoms with Gasteiger partial charge >= 0.3 is 0 Å². The van der Waals surface area contributed by atoms with E-state index in [9.17, 15) is 8.42 Å². The number of hydrogen-bond acceptors (Lipinski definition) is 4. The molecule has 1 heterocycles. The summed E-state index contributed by atoms with van der Waals surface area (Å²) in [6, 6.07) is 7.53. The molecule has 1 aliphatic rings. The van der Waals surface area contributed by atoms with Gasteiger partial charge in [0, 0.05) is 18.3 Å². The number of hydrogen-bond donors (Lipinski definition) is 2. The fourth-order valence-corrected chi connectivity index (χ4v) is 3.00. The summed E-state index contributed by atoms with van der Waals surface area (Å²) >= 11 is 0. The van der Waals surface area contributed by atoms with Crippen molar-refractivity contribution in [2.24, 2.45) is 0 Å². The van der Waals surface area contributed by atoms with E-state index in [0.29, 0.717) is 10.9 Å². The molecule has 0 radical (unpaired) electrons. The lowest BCUT2D eigenvalue weighted by Gasteiger charge is -2.12. The van der Waals surface area contributed by atoms with Crippen LogP contribution in [0.15, 0.2) is 29.2 Å².